The van der Waals surface area contributed by atoms with Crippen molar-refractivity contribution in [1.29, 1.82) is 0 Å². The molecule has 0 atom stereocenters. The third kappa shape index (κ3) is 1.29. The zero-order chi connectivity index (χ0) is 9.42. The van der Waals surface area contributed by atoms with E-state index in [1.807, 2.05) is 0 Å². The zero-order valence-corrected chi connectivity index (χ0v) is 7.57. The molecule has 0 bridgehead atoms. The number of aromatic nitrogens is 2. The Morgan fingerprint density at radius 3 is 2.77 bits per heavy atom. The second-order valence-corrected chi connectivity index (χ2v) is 3.47. The third-order valence-corrected chi connectivity index (χ3v) is 2.70. The Morgan fingerprint density at radius 1 is 1.69 bits per heavy atom. The molecule has 1 fully saturated rings. The Morgan fingerprint density at radius 2 is 2.38 bits per heavy atom. The summed E-state index contributed by atoms with van der Waals surface area (Å²) in [6.07, 6.45) is 4.38. The largest absolute Gasteiger partial charge is 0.325 e. The monoisotopic (exact) mass is 201 g/mol. The van der Waals surface area contributed by atoms with Gasteiger partial charge < -0.3 is 0 Å². The van der Waals surface area contributed by atoms with E-state index in [0.717, 1.165) is 19.3 Å². The molecule has 6 heteroatoms. The number of hydrogen-bond acceptors (Lipinski definition) is 3. The van der Waals surface area contributed by atoms with Gasteiger partial charge in [-0.1, -0.05) is 11.6 Å². The van der Waals surface area contributed by atoms with Crippen LogP contribution in [0.3, 0.4) is 0 Å². The summed E-state index contributed by atoms with van der Waals surface area (Å²) in [5.74, 6) is 0. The van der Waals surface area contributed by atoms with E-state index in [1.165, 1.54) is 6.20 Å². The van der Waals surface area contributed by atoms with Gasteiger partial charge in [0.05, 0.1) is 11.0 Å². The minimum atomic E-state index is -0.509. The van der Waals surface area contributed by atoms with Crippen LogP contribution in [-0.4, -0.2) is 14.7 Å². The first kappa shape index (κ1) is 8.50. The van der Waals surface area contributed by atoms with Crippen LogP contribution in [0.5, 0.6) is 0 Å². The van der Waals surface area contributed by atoms with Crippen molar-refractivity contribution >= 4 is 17.3 Å². The lowest BCUT2D eigenvalue weighted by Gasteiger charge is -2.25. The van der Waals surface area contributed by atoms with E-state index in [4.69, 9.17) is 11.6 Å². The average Bonchev–Trinajstić information content (AvgIpc) is 2.29. The molecule has 1 heterocycles. The van der Waals surface area contributed by atoms with Crippen LogP contribution in [0.2, 0.25) is 5.15 Å². The fourth-order valence-electron chi connectivity index (χ4n) is 1.35. The van der Waals surface area contributed by atoms with Crippen molar-refractivity contribution in [2.45, 2.75) is 25.3 Å². The maximum atomic E-state index is 10.4. The van der Waals surface area contributed by atoms with Crippen LogP contribution in [-0.2, 0) is 0 Å². The lowest BCUT2D eigenvalue weighted by atomic mass is 9.93. The van der Waals surface area contributed by atoms with E-state index in [0.29, 0.717) is 0 Å². The average molecular weight is 202 g/mol. The molecule has 70 valence electrons. The van der Waals surface area contributed by atoms with Gasteiger partial charge in [0.1, 0.15) is 6.20 Å². The predicted molar refractivity (Wildman–Crippen MR) is 46.8 cm³/mol. The van der Waals surface area contributed by atoms with Crippen molar-refractivity contribution in [3.05, 3.63) is 21.5 Å². The SMILES string of the molecule is O=[N+]([O-])c1cnn(C2CCC2)c1Cl. The highest BCUT2D eigenvalue weighted by molar-refractivity contribution is 6.31. The van der Waals surface area contributed by atoms with E-state index in [1.54, 1.807) is 4.68 Å². The highest BCUT2D eigenvalue weighted by atomic mass is 35.5. The van der Waals surface area contributed by atoms with Gasteiger partial charge in [0.15, 0.2) is 0 Å². The minimum absolute atomic E-state index is 0.103. The molecule has 13 heavy (non-hydrogen) atoms. The van der Waals surface area contributed by atoms with E-state index < -0.39 is 4.92 Å². The van der Waals surface area contributed by atoms with E-state index in [2.05, 4.69) is 5.10 Å². The lowest BCUT2D eigenvalue weighted by molar-refractivity contribution is -0.384. The van der Waals surface area contributed by atoms with Crippen molar-refractivity contribution in [2.75, 3.05) is 0 Å². The van der Waals surface area contributed by atoms with Crippen LogP contribution in [0.15, 0.2) is 6.20 Å². The first-order valence-corrected chi connectivity index (χ1v) is 4.45. The second-order valence-electron chi connectivity index (χ2n) is 3.11. The van der Waals surface area contributed by atoms with E-state index >= 15 is 0 Å². The molecular weight excluding hydrogens is 194 g/mol. The molecule has 0 radical (unpaired) electrons. The van der Waals surface area contributed by atoms with Crippen molar-refractivity contribution in [2.24, 2.45) is 0 Å². The lowest BCUT2D eigenvalue weighted by Crippen LogP contribution is -2.18. The predicted octanol–water partition coefficient (Wildman–Crippen LogP) is 2.17. The second kappa shape index (κ2) is 2.99. The summed E-state index contributed by atoms with van der Waals surface area (Å²) in [6.45, 7) is 0. The van der Waals surface area contributed by atoms with E-state index in [9.17, 15) is 10.1 Å². The molecule has 0 amide bonds. The molecule has 1 saturated carbocycles. The van der Waals surface area contributed by atoms with Gasteiger partial charge >= 0.3 is 5.69 Å². The third-order valence-electron chi connectivity index (χ3n) is 2.33. The number of nitrogens with zero attached hydrogens (tertiary/aromatic N) is 3. The molecule has 0 spiro atoms. The highest BCUT2D eigenvalue weighted by Gasteiger charge is 2.27. The number of rotatable bonds is 2. The van der Waals surface area contributed by atoms with Crippen LogP contribution in [0.1, 0.15) is 25.3 Å². The summed E-state index contributed by atoms with van der Waals surface area (Å²) in [6, 6.07) is 0.265. The Labute approximate surface area is 79.4 Å². The molecule has 0 N–H and O–H groups in total. The van der Waals surface area contributed by atoms with Crippen LogP contribution in [0.25, 0.3) is 0 Å². The van der Waals surface area contributed by atoms with Gasteiger partial charge in [-0.2, -0.15) is 5.10 Å². The maximum Gasteiger partial charge on any atom is 0.325 e. The summed E-state index contributed by atoms with van der Waals surface area (Å²) >= 11 is 5.79. The van der Waals surface area contributed by atoms with Crippen LogP contribution in [0, 0.1) is 10.1 Å². The van der Waals surface area contributed by atoms with Gasteiger partial charge in [-0.15, -0.1) is 0 Å². The summed E-state index contributed by atoms with van der Waals surface area (Å²) in [4.78, 5) is 9.92. The van der Waals surface area contributed by atoms with Gasteiger partial charge in [0, 0.05) is 0 Å². The fourth-order valence-corrected chi connectivity index (χ4v) is 1.65. The molecule has 1 aromatic heterocycles. The van der Waals surface area contributed by atoms with Crippen molar-refractivity contribution in [3.63, 3.8) is 0 Å². The number of halogens is 1. The number of nitro groups is 1. The standard InChI is InChI=1S/C7H8ClN3O2/c8-7-6(11(12)13)4-9-10(7)5-2-1-3-5/h4-5H,1-3H2. The molecule has 1 aliphatic rings. The normalized spacial score (nSPS) is 17.0. The Hall–Kier alpha value is -1.10. The molecular formula is C7H8ClN3O2. The number of hydrogen-bond donors (Lipinski definition) is 0. The quantitative estimate of drug-likeness (QED) is 0.544. The summed E-state index contributed by atoms with van der Waals surface area (Å²) < 4.78 is 1.54. The van der Waals surface area contributed by atoms with Gasteiger partial charge in [-0.3, -0.25) is 10.1 Å². The molecule has 2 rings (SSSR count). The molecule has 0 unspecified atom stereocenters. The molecule has 0 saturated heterocycles. The Balaban J connectivity index is 2.32. The fraction of sp³-hybridized carbons (Fsp3) is 0.571. The van der Waals surface area contributed by atoms with Gasteiger partial charge in [0.2, 0.25) is 5.15 Å². The molecule has 0 aromatic carbocycles. The summed E-state index contributed by atoms with van der Waals surface area (Å²) in [7, 11) is 0. The summed E-state index contributed by atoms with van der Waals surface area (Å²) in [5.41, 5.74) is -0.103. The summed E-state index contributed by atoms with van der Waals surface area (Å²) in [5, 5.41) is 14.5. The Kier molecular flexibility index (Phi) is 1.95. The first-order valence-electron chi connectivity index (χ1n) is 4.07. The van der Waals surface area contributed by atoms with Crippen molar-refractivity contribution < 1.29 is 4.92 Å². The molecule has 1 aromatic rings. The van der Waals surface area contributed by atoms with Gasteiger partial charge in [0.25, 0.3) is 0 Å². The zero-order valence-electron chi connectivity index (χ0n) is 6.81. The topological polar surface area (TPSA) is 61.0 Å². The van der Waals surface area contributed by atoms with Gasteiger partial charge in [-0.25, -0.2) is 4.68 Å². The highest BCUT2D eigenvalue weighted by Crippen LogP contribution is 2.36. The van der Waals surface area contributed by atoms with E-state index in [-0.39, 0.29) is 16.9 Å². The van der Waals surface area contributed by atoms with Crippen LogP contribution < -0.4 is 0 Å². The molecule has 0 aliphatic heterocycles. The first-order chi connectivity index (χ1) is 6.20. The van der Waals surface area contributed by atoms with Gasteiger partial charge in [-0.05, 0) is 19.3 Å². The van der Waals surface area contributed by atoms with Crippen molar-refractivity contribution in [3.8, 4) is 0 Å². The van der Waals surface area contributed by atoms with Crippen molar-refractivity contribution in [1.82, 2.24) is 9.78 Å². The van der Waals surface area contributed by atoms with Crippen LogP contribution >= 0.6 is 11.6 Å². The minimum Gasteiger partial charge on any atom is -0.258 e. The smallest absolute Gasteiger partial charge is 0.258 e. The van der Waals surface area contributed by atoms with Crippen LogP contribution in [0.4, 0.5) is 5.69 Å². The maximum absolute atomic E-state index is 10.4. The Bertz CT molecular complexity index is 346. The molecule has 1 aliphatic carbocycles. The molecule has 5 nitrogen and oxygen atoms in total.